The third kappa shape index (κ3) is 1.93. The van der Waals surface area contributed by atoms with Crippen molar-refractivity contribution in [1.82, 2.24) is 9.88 Å². The van der Waals surface area contributed by atoms with E-state index in [9.17, 15) is 4.79 Å². The summed E-state index contributed by atoms with van der Waals surface area (Å²) in [5, 5.41) is 8.80. The predicted molar refractivity (Wildman–Crippen MR) is 68.8 cm³/mol. The normalized spacial score (nSPS) is 10.5. The monoisotopic (exact) mass is 229 g/mol. The average Bonchev–Trinajstić information content (AvgIpc) is 2.70. The van der Waals surface area contributed by atoms with E-state index in [1.165, 1.54) is 0 Å². The third-order valence-electron chi connectivity index (χ3n) is 2.78. The fourth-order valence-corrected chi connectivity index (χ4v) is 1.82. The average molecular weight is 229 g/mol. The number of carbonyl (C=O) groups is 1. The van der Waals surface area contributed by atoms with Crippen molar-refractivity contribution in [3.8, 4) is 0 Å². The Balaban J connectivity index is 2.59. The van der Waals surface area contributed by atoms with Gasteiger partial charge < -0.3 is 9.88 Å². The zero-order valence-electron chi connectivity index (χ0n) is 10.2. The molecular formula is C13H15N3O. The summed E-state index contributed by atoms with van der Waals surface area (Å²) in [6, 6.07) is 5.66. The van der Waals surface area contributed by atoms with Gasteiger partial charge in [0.2, 0.25) is 0 Å². The number of amidine groups is 1. The molecule has 1 heterocycles. The first-order chi connectivity index (χ1) is 8.00. The molecular weight excluding hydrogens is 214 g/mol. The molecule has 0 atom stereocenters. The lowest BCUT2D eigenvalue weighted by Crippen LogP contribution is -2.21. The predicted octanol–water partition coefficient (Wildman–Crippen LogP) is 2.26. The van der Waals surface area contributed by atoms with Crippen LogP contribution in [0.5, 0.6) is 0 Å². The molecule has 0 unspecified atom stereocenters. The van der Waals surface area contributed by atoms with E-state index in [0.29, 0.717) is 11.4 Å². The number of benzene rings is 1. The van der Waals surface area contributed by atoms with E-state index in [4.69, 9.17) is 5.41 Å². The van der Waals surface area contributed by atoms with Crippen molar-refractivity contribution in [2.45, 2.75) is 6.92 Å². The van der Waals surface area contributed by atoms with Crippen molar-refractivity contribution in [1.29, 1.82) is 5.41 Å². The second kappa shape index (κ2) is 4.05. The Morgan fingerprint density at radius 1 is 1.35 bits per heavy atom. The number of H-pyrrole nitrogens is 1. The number of hydrogen-bond donors (Lipinski definition) is 2. The van der Waals surface area contributed by atoms with E-state index in [-0.39, 0.29) is 5.78 Å². The van der Waals surface area contributed by atoms with E-state index in [1.807, 2.05) is 32.3 Å². The minimum atomic E-state index is 0.0322. The zero-order chi connectivity index (χ0) is 12.6. The van der Waals surface area contributed by atoms with Crippen LogP contribution < -0.4 is 0 Å². The number of ketones is 1. The van der Waals surface area contributed by atoms with Crippen LogP contribution in [0.2, 0.25) is 0 Å². The first-order valence-electron chi connectivity index (χ1n) is 5.39. The Hall–Kier alpha value is -2.10. The van der Waals surface area contributed by atoms with Crippen LogP contribution in [0.25, 0.3) is 10.9 Å². The number of nitrogens with one attached hydrogen (secondary N) is 2. The Morgan fingerprint density at radius 3 is 2.65 bits per heavy atom. The van der Waals surface area contributed by atoms with Crippen LogP contribution in [0, 0.1) is 5.41 Å². The SMILES string of the molecule is CC(=O)c1c[nH]c2ccc(C(=N)N(C)C)cc12. The molecule has 1 aromatic carbocycles. The van der Waals surface area contributed by atoms with Gasteiger partial charge in [0.15, 0.2) is 5.78 Å². The highest BCUT2D eigenvalue weighted by Gasteiger charge is 2.10. The molecule has 0 fully saturated rings. The van der Waals surface area contributed by atoms with E-state index >= 15 is 0 Å². The molecule has 17 heavy (non-hydrogen) atoms. The number of fused-ring (bicyclic) bond motifs is 1. The summed E-state index contributed by atoms with van der Waals surface area (Å²) < 4.78 is 0. The second-order valence-electron chi connectivity index (χ2n) is 4.26. The van der Waals surface area contributed by atoms with Gasteiger partial charge >= 0.3 is 0 Å². The van der Waals surface area contributed by atoms with Gasteiger partial charge in [-0.05, 0) is 25.1 Å². The van der Waals surface area contributed by atoms with Crippen LogP contribution in [0.3, 0.4) is 0 Å². The molecule has 0 amide bonds. The molecule has 4 nitrogen and oxygen atoms in total. The van der Waals surface area contributed by atoms with Crippen LogP contribution in [-0.2, 0) is 0 Å². The van der Waals surface area contributed by atoms with Crippen molar-refractivity contribution in [3.05, 3.63) is 35.5 Å². The van der Waals surface area contributed by atoms with Gasteiger partial charge in [-0.1, -0.05) is 0 Å². The molecule has 88 valence electrons. The summed E-state index contributed by atoms with van der Waals surface area (Å²) in [5.74, 6) is 0.465. The van der Waals surface area contributed by atoms with Crippen molar-refractivity contribution < 1.29 is 4.79 Å². The van der Waals surface area contributed by atoms with Gasteiger partial charge in [-0.2, -0.15) is 0 Å². The molecule has 0 saturated carbocycles. The minimum Gasteiger partial charge on any atom is -0.363 e. The summed E-state index contributed by atoms with van der Waals surface area (Å²) >= 11 is 0. The van der Waals surface area contributed by atoms with Crippen molar-refractivity contribution in [3.63, 3.8) is 0 Å². The maximum absolute atomic E-state index is 11.5. The van der Waals surface area contributed by atoms with E-state index in [1.54, 1.807) is 18.0 Å². The smallest absolute Gasteiger partial charge is 0.161 e. The first kappa shape index (κ1) is 11.4. The van der Waals surface area contributed by atoms with Gasteiger partial charge in [-0.3, -0.25) is 10.2 Å². The molecule has 0 saturated heterocycles. The van der Waals surface area contributed by atoms with Gasteiger partial charge in [-0.15, -0.1) is 0 Å². The summed E-state index contributed by atoms with van der Waals surface area (Å²) in [5.41, 5.74) is 2.41. The topological polar surface area (TPSA) is 60.0 Å². The number of hydrogen-bond acceptors (Lipinski definition) is 2. The summed E-state index contributed by atoms with van der Waals surface area (Å²) in [7, 11) is 3.66. The maximum Gasteiger partial charge on any atom is 0.161 e. The number of Topliss-reactive ketones (excluding diaryl/α,β-unsaturated/α-hetero) is 1. The Morgan fingerprint density at radius 2 is 2.06 bits per heavy atom. The fraction of sp³-hybridized carbons (Fsp3) is 0.231. The van der Waals surface area contributed by atoms with E-state index in [2.05, 4.69) is 4.98 Å². The summed E-state index contributed by atoms with van der Waals surface area (Å²) in [4.78, 5) is 16.2. The van der Waals surface area contributed by atoms with Gasteiger partial charge in [0.1, 0.15) is 5.84 Å². The maximum atomic E-state index is 11.5. The number of aromatic nitrogens is 1. The third-order valence-corrected chi connectivity index (χ3v) is 2.78. The number of nitrogens with zero attached hydrogens (tertiary/aromatic N) is 1. The Bertz CT molecular complexity index is 596. The molecule has 0 aliphatic carbocycles. The lowest BCUT2D eigenvalue weighted by Gasteiger charge is -2.13. The van der Waals surface area contributed by atoms with Crippen molar-refractivity contribution in [2.24, 2.45) is 0 Å². The van der Waals surface area contributed by atoms with Crippen molar-refractivity contribution >= 4 is 22.5 Å². The van der Waals surface area contributed by atoms with Gasteiger partial charge in [0.05, 0.1) is 0 Å². The molecule has 4 heteroatoms. The molecule has 0 radical (unpaired) electrons. The minimum absolute atomic E-state index is 0.0322. The van der Waals surface area contributed by atoms with Crippen LogP contribution in [0.1, 0.15) is 22.8 Å². The molecule has 0 aliphatic heterocycles. The van der Waals surface area contributed by atoms with Crippen LogP contribution in [0.15, 0.2) is 24.4 Å². The first-order valence-corrected chi connectivity index (χ1v) is 5.39. The molecule has 0 spiro atoms. The fourth-order valence-electron chi connectivity index (χ4n) is 1.82. The van der Waals surface area contributed by atoms with Gasteiger partial charge in [-0.25, -0.2) is 0 Å². The molecule has 0 bridgehead atoms. The quantitative estimate of drug-likeness (QED) is 0.471. The van der Waals surface area contributed by atoms with Crippen LogP contribution >= 0.6 is 0 Å². The molecule has 2 rings (SSSR count). The van der Waals surface area contributed by atoms with Crippen molar-refractivity contribution in [2.75, 3.05) is 14.1 Å². The Kier molecular flexibility index (Phi) is 2.71. The number of aromatic amines is 1. The molecule has 0 aliphatic rings. The largest absolute Gasteiger partial charge is 0.363 e. The van der Waals surface area contributed by atoms with E-state index in [0.717, 1.165) is 16.5 Å². The standard InChI is InChI=1S/C13H15N3O/c1-8(17)11-7-15-12-5-4-9(6-10(11)12)13(14)16(2)3/h4-7,14-15H,1-3H3. The van der Waals surface area contributed by atoms with E-state index < -0.39 is 0 Å². The molecule has 1 aromatic heterocycles. The number of carbonyl (C=O) groups excluding carboxylic acids is 1. The second-order valence-corrected chi connectivity index (χ2v) is 4.26. The van der Waals surface area contributed by atoms with Crippen LogP contribution in [-0.4, -0.2) is 35.6 Å². The number of rotatable bonds is 2. The van der Waals surface area contributed by atoms with Gasteiger partial charge in [0.25, 0.3) is 0 Å². The highest BCUT2D eigenvalue weighted by molar-refractivity contribution is 6.09. The van der Waals surface area contributed by atoms with Crippen LogP contribution in [0.4, 0.5) is 0 Å². The lowest BCUT2D eigenvalue weighted by molar-refractivity contribution is 0.101. The lowest BCUT2D eigenvalue weighted by atomic mass is 10.1. The highest BCUT2D eigenvalue weighted by Crippen LogP contribution is 2.20. The Labute approximate surface area is 99.8 Å². The van der Waals surface area contributed by atoms with Gasteiger partial charge in [0, 0.05) is 42.3 Å². The molecule has 2 N–H and O–H groups in total. The molecule has 2 aromatic rings. The zero-order valence-corrected chi connectivity index (χ0v) is 10.2. The summed E-state index contributed by atoms with van der Waals surface area (Å²) in [6.45, 7) is 1.55. The summed E-state index contributed by atoms with van der Waals surface area (Å²) in [6.07, 6.45) is 1.72. The highest BCUT2D eigenvalue weighted by atomic mass is 16.1.